The molecule has 0 spiro atoms. The van der Waals surface area contributed by atoms with Gasteiger partial charge in [0.15, 0.2) is 0 Å². The predicted octanol–water partition coefficient (Wildman–Crippen LogP) is 2.06. The van der Waals surface area contributed by atoms with Gasteiger partial charge in [-0.1, -0.05) is 11.6 Å². The van der Waals surface area contributed by atoms with Crippen LogP contribution in [0.1, 0.15) is 17.9 Å². The van der Waals surface area contributed by atoms with Crippen molar-refractivity contribution in [3.63, 3.8) is 0 Å². The monoisotopic (exact) mass is 215 g/mol. The number of hydrogen-bond acceptors (Lipinski definition) is 2. The standard InChI is InChI=1S/C9H7ClFNO2/c10-4-1-6(8(11)12-3-4)5-2-7(5)9(13)14/h1,3,5,7H,2H2,(H,13,14)/t5-,7+/m0/s1. The number of aromatic nitrogens is 1. The number of carbonyl (C=O) groups is 1. The van der Waals surface area contributed by atoms with Crippen LogP contribution in [-0.4, -0.2) is 16.1 Å². The average molecular weight is 216 g/mol. The Bertz CT molecular complexity index is 396. The lowest BCUT2D eigenvalue weighted by atomic mass is 10.1. The summed E-state index contributed by atoms with van der Waals surface area (Å²) in [7, 11) is 0. The molecule has 1 aliphatic carbocycles. The van der Waals surface area contributed by atoms with Crippen LogP contribution in [0.4, 0.5) is 4.39 Å². The van der Waals surface area contributed by atoms with Crippen molar-refractivity contribution in [1.29, 1.82) is 0 Å². The lowest BCUT2D eigenvalue weighted by Gasteiger charge is -2.00. The van der Waals surface area contributed by atoms with Crippen LogP contribution >= 0.6 is 11.6 Å². The smallest absolute Gasteiger partial charge is 0.307 e. The first-order valence-electron chi connectivity index (χ1n) is 4.13. The first-order chi connectivity index (χ1) is 6.59. The molecule has 1 aliphatic rings. The molecule has 0 saturated heterocycles. The maximum atomic E-state index is 13.1. The molecular weight excluding hydrogens is 209 g/mol. The molecule has 0 radical (unpaired) electrons. The molecule has 0 unspecified atom stereocenters. The minimum atomic E-state index is -0.894. The minimum absolute atomic E-state index is 0.265. The van der Waals surface area contributed by atoms with Gasteiger partial charge in [0, 0.05) is 17.7 Å². The van der Waals surface area contributed by atoms with Crippen molar-refractivity contribution < 1.29 is 14.3 Å². The Morgan fingerprint density at radius 3 is 3.00 bits per heavy atom. The van der Waals surface area contributed by atoms with E-state index < -0.39 is 17.8 Å². The van der Waals surface area contributed by atoms with Gasteiger partial charge in [-0.2, -0.15) is 4.39 Å². The number of carboxylic acids is 1. The second-order valence-corrected chi connectivity index (χ2v) is 3.76. The van der Waals surface area contributed by atoms with Gasteiger partial charge in [0.25, 0.3) is 0 Å². The molecule has 0 aliphatic heterocycles. The number of carboxylic acid groups (broad SMARTS) is 1. The van der Waals surface area contributed by atoms with Gasteiger partial charge >= 0.3 is 5.97 Å². The SMILES string of the molecule is O=C(O)[C@@H]1C[C@H]1c1cc(Cl)cnc1F. The Hall–Kier alpha value is -1.16. The summed E-state index contributed by atoms with van der Waals surface area (Å²) in [5, 5.41) is 9.00. The fourth-order valence-corrected chi connectivity index (χ4v) is 1.68. The number of aliphatic carboxylic acids is 1. The molecule has 3 nitrogen and oxygen atoms in total. The summed E-state index contributed by atoms with van der Waals surface area (Å²) in [5.74, 6) is -2.26. The summed E-state index contributed by atoms with van der Waals surface area (Å²) >= 11 is 5.64. The molecule has 1 N–H and O–H groups in total. The zero-order chi connectivity index (χ0) is 10.3. The second kappa shape index (κ2) is 3.20. The predicted molar refractivity (Wildman–Crippen MR) is 47.7 cm³/mol. The third-order valence-corrected chi connectivity index (χ3v) is 2.55. The summed E-state index contributed by atoms with van der Waals surface area (Å²) in [6.07, 6.45) is 1.67. The molecule has 1 aromatic heterocycles. The lowest BCUT2D eigenvalue weighted by molar-refractivity contribution is -0.138. The lowest BCUT2D eigenvalue weighted by Crippen LogP contribution is -2.00. The van der Waals surface area contributed by atoms with Crippen LogP contribution in [0.25, 0.3) is 0 Å². The van der Waals surface area contributed by atoms with E-state index >= 15 is 0 Å². The van der Waals surface area contributed by atoms with Crippen LogP contribution in [0.3, 0.4) is 0 Å². The molecule has 0 bridgehead atoms. The van der Waals surface area contributed by atoms with E-state index in [0.29, 0.717) is 17.0 Å². The van der Waals surface area contributed by atoms with Crippen molar-refractivity contribution in [2.45, 2.75) is 12.3 Å². The van der Waals surface area contributed by atoms with Crippen molar-refractivity contribution >= 4 is 17.6 Å². The Balaban J connectivity index is 2.26. The summed E-state index contributed by atoms with van der Waals surface area (Å²) < 4.78 is 13.1. The van der Waals surface area contributed by atoms with Crippen molar-refractivity contribution in [2.24, 2.45) is 5.92 Å². The topological polar surface area (TPSA) is 50.2 Å². The number of halogens is 2. The van der Waals surface area contributed by atoms with E-state index in [1.54, 1.807) is 0 Å². The first kappa shape index (κ1) is 9.40. The third-order valence-electron chi connectivity index (χ3n) is 2.34. The van der Waals surface area contributed by atoms with E-state index in [-0.39, 0.29) is 5.92 Å². The molecular formula is C9H7ClFNO2. The van der Waals surface area contributed by atoms with E-state index in [4.69, 9.17) is 16.7 Å². The van der Waals surface area contributed by atoms with Crippen LogP contribution < -0.4 is 0 Å². The largest absolute Gasteiger partial charge is 0.481 e. The maximum Gasteiger partial charge on any atom is 0.307 e. The van der Waals surface area contributed by atoms with E-state index in [9.17, 15) is 9.18 Å². The molecule has 1 aromatic rings. The molecule has 0 amide bonds. The zero-order valence-corrected chi connectivity index (χ0v) is 7.83. The van der Waals surface area contributed by atoms with Gasteiger partial charge in [-0.15, -0.1) is 0 Å². The maximum absolute atomic E-state index is 13.1. The van der Waals surface area contributed by atoms with Crippen LogP contribution in [0.2, 0.25) is 5.02 Å². The van der Waals surface area contributed by atoms with E-state index in [2.05, 4.69) is 4.98 Å². The molecule has 1 heterocycles. The molecule has 14 heavy (non-hydrogen) atoms. The van der Waals surface area contributed by atoms with Crippen molar-refractivity contribution in [1.82, 2.24) is 4.98 Å². The molecule has 2 rings (SSSR count). The van der Waals surface area contributed by atoms with Crippen LogP contribution in [0.15, 0.2) is 12.3 Å². The van der Waals surface area contributed by atoms with Crippen LogP contribution in [0, 0.1) is 11.9 Å². The Labute approximate surface area is 84.5 Å². The highest BCUT2D eigenvalue weighted by Gasteiger charge is 2.45. The van der Waals surface area contributed by atoms with E-state index in [1.807, 2.05) is 0 Å². The zero-order valence-electron chi connectivity index (χ0n) is 7.08. The van der Waals surface area contributed by atoms with Crippen LogP contribution in [-0.2, 0) is 4.79 Å². The van der Waals surface area contributed by atoms with Gasteiger partial charge in [-0.3, -0.25) is 4.79 Å². The highest BCUT2D eigenvalue weighted by atomic mass is 35.5. The quantitative estimate of drug-likeness (QED) is 0.769. The number of rotatable bonds is 2. The van der Waals surface area contributed by atoms with Gasteiger partial charge in [0.2, 0.25) is 5.95 Å². The Kier molecular flexibility index (Phi) is 2.15. The van der Waals surface area contributed by atoms with E-state index in [1.165, 1.54) is 12.3 Å². The summed E-state index contributed by atoms with van der Waals surface area (Å²) in [4.78, 5) is 14.0. The fraction of sp³-hybridized carbons (Fsp3) is 0.333. The number of pyridine rings is 1. The van der Waals surface area contributed by atoms with Crippen molar-refractivity contribution in [2.75, 3.05) is 0 Å². The molecule has 2 atom stereocenters. The van der Waals surface area contributed by atoms with Crippen molar-refractivity contribution in [3.8, 4) is 0 Å². The highest BCUT2D eigenvalue weighted by Crippen LogP contribution is 2.48. The first-order valence-corrected chi connectivity index (χ1v) is 4.51. The summed E-state index contributed by atoms with van der Waals surface area (Å²) in [6, 6.07) is 1.44. The number of nitrogens with zero attached hydrogens (tertiary/aromatic N) is 1. The third kappa shape index (κ3) is 1.57. The van der Waals surface area contributed by atoms with Gasteiger partial charge < -0.3 is 5.11 Å². The van der Waals surface area contributed by atoms with Crippen LogP contribution in [0.5, 0.6) is 0 Å². The Morgan fingerprint density at radius 1 is 1.71 bits per heavy atom. The molecule has 5 heteroatoms. The summed E-state index contributed by atoms with van der Waals surface area (Å²) in [5.41, 5.74) is 0.310. The number of hydrogen-bond donors (Lipinski definition) is 1. The molecule has 1 fully saturated rings. The molecule has 74 valence electrons. The Morgan fingerprint density at radius 2 is 2.43 bits per heavy atom. The normalized spacial score (nSPS) is 24.7. The highest BCUT2D eigenvalue weighted by molar-refractivity contribution is 6.30. The summed E-state index contributed by atoms with van der Waals surface area (Å²) in [6.45, 7) is 0. The molecule has 1 saturated carbocycles. The van der Waals surface area contributed by atoms with Gasteiger partial charge in [0.1, 0.15) is 0 Å². The van der Waals surface area contributed by atoms with Gasteiger partial charge in [-0.25, -0.2) is 4.98 Å². The average Bonchev–Trinajstić information content (AvgIpc) is 2.88. The molecule has 0 aromatic carbocycles. The van der Waals surface area contributed by atoms with Gasteiger partial charge in [-0.05, 0) is 12.5 Å². The van der Waals surface area contributed by atoms with Crippen molar-refractivity contribution in [3.05, 3.63) is 28.8 Å². The second-order valence-electron chi connectivity index (χ2n) is 3.32. The van der Waals surface area contributed by atoms with E-state index in [0.717, 1.165) is 0 Å². The fourth-order valence-electron chi connectivity index (χ4n) is 1.51. The van der Waals surface area contributed by atoms with Gasteiger partial charge in [0.05, 0.1) is 10.9 Å². The minimum Gasteiger partial charge on any atom is -0.481 e.